The van der Waals surface area contributed by atoms with E-state index in [0.29, 0.717) is 5.69 Å². The fourth-order valence-electron chi connectivity index (χ4n) is 1.82. The van der Waals surface area contributed by atoms with Crippen LogP contribution in [0.5, 0.6) is 0 Å². The molecule has 20 heavy (non-hydrogen) atoms. The summed E-state index contributed by atoms with van der Waals surface area (Å²) in [7, 11) is 0. The molecule has 1 aromatic carbocycles. The lowest BCUT2D eigenvalue weighted by atomic mass is 10.1. The molecule has 0 radical (unpaired) electrons. The highest BCUT2D eigenvalue weighted by Crippen LogP contribution is 2.31. The zero-order valence-corrected chi connectivity index (χ0v) is 12.4. The number of nitrogens with zero attached hydrogens (tertiary/aromatic N) is 3. The molecule has 0 fully saturated rings. The smallest absolute Gasteiger partial charge is 0.353 e. The maximum Gasteiger partial charge on any atom is 0.353 e. The van der Waals surface area contributed by atoms with Crippen LogP contribution < -0.4 is 11.1 Å². The second kappa shape index (κ2) is 5.41. The number of benzene rings is 1. The lowest BCUT2D eigenvalue weighted by Gasteiger charge is -2.10. The van der Waals surface area contributed by atoms with Crippen molar-refractivity contribution in [1.29, 1.82) is 0 Å². The molecule has 0 aliphatic rings. The van der Waals surface area contributed by atoms with Crippen molar-refractivity contribution < 1.29 is 4.92 Å². The number of aromatic nitrogens is 2. The Morgan fingerprint density at radius 1 is 1.30 bits per heavy atom. The van der Waals surface area contributed by atoms with Crippen LogP contribution in [-0.2, 0) is 0 Å². The summed E-state index contributed by atoms with van der Waals surface area (Å²) in [5.74, 6) is -0.0957. The average molecular weight is 338 g/mol. The van der Waals surface area contributed by atoms with Crippen molar-refractivity contribution in [2.24, 2.45) is 0 Å². The molecule has 2 rings (SSSR count). The number of nitrogen functional groups attached to an aromatic ring is 1. The first-order chi connectivity index (χ1) is 9.40. The first-order valence-electron chi connectivity index (χ1n) is 5.68. The molecule has 0 unspecified atom stereocenters. The van der Waals surface area contributed by atoms with Gasteiger partial charge >= 0.3 is 5.69 Å². The maximum atomic E-state index is 11.0. The first-order valence-corrected chi connectivity index (χ1v) is 6.48. The predicted molar refractivity (Wildman–Crippen MR) is 80.0 cm³/mol. The van der Waals surface area contributed by atoms with Crippen LogP contribution in [0.3, 0.4) is 0 Å². The largest absolute Gasteiger partial charge is 0.378 e. The molecule has 2 aromatic rings. The average Bonchev–Trinajstić information content (AvgIpc) is 2.35. The van der Waals surface area contributed by atoms with E-state index in [1.807, 2.05) is 26.0 Å². The van der Waals surface area contributed by atoms with Crippen molar-refractivity contribution >= 4 is 38.9 Å². The molecule has 3 N–H and O–H groups in total. The van der Waals surface area contributed by atoms with Gasteiger partial charge in [-0.05, 0) is 37.1 Å². The molecule has 7 nitrogen and oxygen atoms in total. The summed E-state index contributed by atoms with van der Waals surface area (Å²) in [6.07, 6.45) is 1.18. The molecule has 1 aromatic heterocycles. The minimum absolute atomic E-state index is 0.0728. The zero-order chi connectivity index (χ0) is 14.9. The molecule has 0 amide bonds. The minimum atomic E-state index is -0.601. The molecule has 104 valence electrons. The minimum Gasteiger partial charge on any atom is -0.378 e. The van der Waals surface area contributed by atoms with Crippen molar-refractivity contribution in [2.75, 3.05) is 11.1 Å². The third-order valence-corrected chi connectivity index (χ3v) is 3.98. The van der Waals surface area contributed by atoms with E-state index in [-0.39, 0.29) is 17.3 Å². The number of nitrogens with two attached hydrogens (primary N) is 1. The van der Waals surface area contributed by atoms with Gasteiger partial charge in [0, 0.05) is 10.2 Å². The van der Waals surface area contributed by atoms with Crippen LogP contribution >= 0.6 is 15.9 Å². The van der Waals surface area contributed by atoms with E-state index in [2.05, 4.69) is 31.2 Å². The maximum absolute atomic E-state index is 11.0. The van der Waals surface area contributed by atoms with E-state index in [9.17, 15) is 10.1 Å². The van der Waals surface area contributed by atoms with Crippen LogP contribution in [0.2, 0.25) is 0 Å². The van der Waals surface area contributed by atoms with Gasteiger partial charge in [-0.1, -0.05) is 15.9 Å². The van der Waals surface area contributed by atoms with Gasteiger partial charge < -0.3 is 11.1 Å². The summed E-state index contributed by atoms with van der Waals surface area (Å²) in [6.45, 7) is 3.87. The van der Waals surface area contributed by atoms with Gasteiger partial charge in [0.05, 0.1) is 4.92 Å². The lowest BCUT2D eigenvalue weighted by molar-refractivity contribution is -0.383. The quantitative estimate of drug-likeness (QED) is 0.658. The summed E-state index contributed by atoms with van der Waals surface area (Å²) in [5, 5.41) is 13.9. The van der Waals surface area contributed by atoms with Crippen LogP contribution in [-0.4, -0.2) is 14.9 Å². The molecule has 0 atom stereocenters. The summed E-state index contributed by atoms with van der Waals surface area (Å²) in [5.41, 5.74) is 7.91. The van der Waals surface area contributed by atoms with Gasteiger partial charge in [0.25, 0.3) is 0 Å². The van der Waals surface area contributed by atoms with Crippen LogP contribution in [0, 0.1) is 24.0 Å². The molecule has 1 heterocycles. The number of hydrogen-bond acceptors (Lipinski definition) is 6. The highest BCUT2D eigenvalue weighted by atomic mass is 79.9. The second-order valence-electron chi connectivity index (χ2n) is 4.26. The third-order valence-electron chi connectivity index (χ3n) is 2.73. The number of nitrogens with one attached hydrogen (secondary N) is 1. The summed E-state index contributed by atoms with van der Waals surface area (Å²) in [6, 6.07) is 3.72. The Bertz CT molecular complexity index is 667. The third kappa shape index (κ3) is 2.69. The summed E-state index contributed by atoms with van der Waals surface area (Å²) in [4.78, 5) is 17.9. The molecule has 0 aliphatic carbocycles. The highest BCUT2D eigenvalue weighted by Gasteiger charge is 2.21. The van der Waals surface area contributed by atoms with Gasteiger partial charge in [-0.15, -0.1) is 0 Å². The van der Waals surface area contributed by atoms with E-state index in [4.69, 9.17) is 5.73 Å². The Balaban J connectivity index is 2.45. The van der Waals surface area contributed by atoms with Gasteiger partial charge in [-0.25, -0.2) is 9.97 Å². The van der Waals surface area contributed by atoms with Crippen molar-refractivity contribution in [3.8, 4) is 0 Å². The first kappa shape index (κ1) is 14.2. The van der Waals surface area contributed by atoms with Gasteiger partial charge in [0.15, 0.2) is 0 Å². The van der Waals surface area contributed by atoms with Crippen LogP contribution in [0.25, 0.3) is 0 Å². The number of anilines is 3. The van der Waals surface area contributed by atoms with Crippen molar-refractivity contribution in [3.63, 3.8) is 0 Å². The second-order valence-corrected chi connectivity index (χ2v) is 5.06. The monoisotopic (exact) mass is 337 g/mol. The molecule has 0 saturated heterocycles. The van der Waals surface area contributed by atoms with Gasteiger partial charge in [-0.3, -0.25) is 10.1 Å². The summed E-state index contributed by atoms with van der Waals surface area (Å²) < 4.78 is 1.000. The normalized spacial score (nSPS) is 10.3. The van der Waals surface area contributed by atoms with Crippen molar-refractivity contribution in [2.45, 2.75) is 13.8 Å². The Morgan fingerprint density at radius 3 is 2.45 bits per heavy atom. The number of nitro groups is 1. The SMILES string of the molecule is Cc1cc(Nc2ncnc(N)c2[N+](=O)[O-])cc(C)c1Br. The standard InChI is InChI=1S/C12H12BrN5O2/c1-6-3-8(4-7(2)9(6)13)17-12-10(18(19)20)11(14)15-5-16-12/h3-5H,1-2H3,(H3,14,15,16,17). The van der Waals surface area contributed by atoms with Crippen LogP contribution in [0.4, 0.5) is 23.0 Å². The molecule has 0 bridgehead atoms. The molecular weight excluding hydrogens is 326 g/mol. The number of aryl methyl sites for hydroxylation is 2. The fourth-order valence-corrected chi connectivity index (χ4v) is 2.05. The van der Waals surface area contributed by atoms with E-state index >= 15 is 0 Å². The Labute approximate surface area is 123 Å². The Morgan fingerprint density at radius 2 is 1.90 bits per heavy atom. The molecule has 0 saturated carbocycles. The molecule has 0 aliphatic heterocycles. The van der Waals surface area contributed by atoms with Crippen molar-refractivity contribution in [1.82, 2.24) is 9.97 Å². The lowest BCUT2D eigenvalue weighted by Crippen LogP contribution is -2.05. The Kier molecular flexibility index (Phi) is 3.84. The highest BCUT2D eigenvalue weighted by molar-refractivity contribution is 9.10. The summed E-state index contributed by atoms with van der Waals surface area (Å²) >= 11 is 3.47. The van der Waals surface area contributed by atoms with Crippen LogP contribution in [0.15, 0.2) is 22.9 Å². The number of hydrogen-bond donors (Lipinski definition) is 2. The molecule has 8 heteroatoms. The molecule has 0 spiro atoms. The number of rotatable bonds is 3. The van der Waals surface area contributed by atoms with E-state index in [1.165, 1.54) is 6.33 Å². The molecular formula is C12H12BrN5O2. The zero-order valence-electron chi connectivity index (χ0n) is 10.8. The van der Waals surface area contributed by atoms with E-state index in [1.54, 1.807) is 0 Å². The van der Waals surface area contributed by atoms with Gasteiger partial charge in [0.2, 0.25) is 11.6 Å². The van der Waals surface area contributed by atoms with Crippen LogP contribution in [0.1, 0.15) is 11.1 Å². The van der Waals surface area contributed by atoms with E-state index in [0.717, 1.165) is 15.6 Å². The van der Waals surface area contributed by atoms with Gasteiger partial charge in [-0.2, -0.15) is 0 Å². The number of halogens is 1. The Hall–Kier alpha value is -2.22. The van der Waals surface area contributed by atoms with E-state index < -0.39 is 4.92 Å². The van der Waals surface area contributed by atoms with Crippen molar-refractivity contribution in [3.05, 3.63) is 44.2 Å². The van der Waals surface area contributed by atoms with Gasteiger partial charge in [0.1, 0.15) is 6.33 Å². The predicted octanol–water partition coefficient (Wildman–Crippen LogP) is 3.09. The fraction of sp³-hybridized carbons (Fsp3) is 0.167. The topological polar surface area (TPSA) is 107 Å².